The Hall–Kier alpha value is -3.28. The Kier molecular flexibility index (Phi) is 4.76. The van der Waals surface area contributed by atoms with Crippen molar-refractivity contribution in [2.45, 2.75) is 6.54 Å². The van der Waals surface area contributed by atoms with Crippen molar-refractivity contribution in [3.63, 3.8) is 0 Å². The van der Waals surface area contributed by atoms with Crippen LogP contribution in [0.1, 0.15) is 5.56 Å². The molecule has 6 heteroatoms. The van der Waals surface area contributed by atoms with Gasteiger partial charge in [0.25, 0.3) is 0 Å². The lowest BCUT2D eigenvalue weighted by Crippen LogP contribution is -2.28. The van der Waals surface area contributed by atoms with Crippen molar-refractivity contribution in [3.05, 3.63) is 66.6 Å². The molecule has 24 heavy (non-hydrogen) atoms. The first-order valence-corrected chi connectivity index (χ1v) is 7.43. The average Bonchev–Trinajstić information content (AvgIpc) is 3.15. The predicted molar refractivity (Wildman–Crippen MR) is 90.8 cm³/mol. The number of furan rings is 1. The number of hydrogen-bond donors (Lipinski definition) is 2. The zero-order chi connectivity index (χ0) is 16.8. The van der Waals surface area contributed by atoms with Gasteiger partial charge < -0.3 is 19.8 Å². The molecule has 1 aromatic carbocycles. The van der Waals surface area contributed by atoms with Gasteiger partial charge >= 0.3 is 6.03 Å². The Morgan fingerprint density at radius 1 is 1.17 bits per heavy atom. The summed E-state index contributed by atoms with van der Waals surface area (Å²) in [6.07, 6.45) is 3.29. The van der Waals surface area contributed by atoms with E-state index in [0.29, 0.717) is 23.7 Å². The van der Waals surface area contributed by atoms with Crippen LogP contribution in [0.15, 0.2) is 65.4 Å². The van der Waals surface area contributed by atoms with Crippen molar-refractivity contribution in [1.82, 2.24) is 10.3 Å². The van der Waals surface area contributed by atoms with Crippen LogP contribution in [0.4, 0.5) is 10.5 Å². The summed E-state index contributed by atoms with van der Waals surface area (Å²) in [5.41, 5.74) is 2.27. The standard InChI is InChI=1S/C18H17N3O3/c1-23-15-8-6-14(7-9-15)21-18(22)20-12-13-4-2-10-19-17(13)16-5-3-11-24-16/h2-11H,12H2,1H3,(H2,20,21,22). The van der Waals surface area contributed by atoms with Gasteiger partial charge in [-0.3, -0.25) is 4.98 Å². The smallest absolute Gasteiger partial charge is 0.319 e. The van der Waals surface area contributed by atoms with E-state index in [1.165, 1.54) is 0 Å². The molecule has 0 unspecified atom stereocenters. The highest BCUT2D eigenvalue weighted by Crippen LogP contribution is 2.21. The maximum absolute atomic E-state index is 12.0. The first-order chi connectivity index (χ1) is 11.8. The van der Waals surface area contributed by atoms with Crippen molar-refractivity contribution in [1.29, 1.82) is 0 Å². The van der Waals surface area contributed by atoms with Gasteiger partial charge in [-0.05, 0) is 42.5 Å². The number of hydrogen-bond acceptors (Lipinski definition) is 4. The molecule has 2 N–H and O–H groups in total. The highest BCUT2D eigenvalue weighted by molar-refractivity contribution is 5.89. The van der Waals surface area contributed by atoms with Gasteiger partial charge in [0, 0.05) is 24.0 Å². The summed E-state index contributed by atoms with van der Waals surface area (Å²) in [5.74, 6) is 1.40. The number of carbonyl (C=O) groups excluding carboxylic acids is 1. The van der Waals surface area contributed by atoms with E-state index in [4.69, 9.17) is 9.15 Å². The summed E-state index contributed by atoms with van der Waals surface area (Å²) in [6.45, 7) is 0.339. The second kappa shape index (κ2) is 7.32. The zero-order valence-corrected chi connectivity index (χ0v) is 13.2. The van der Waals surface area contributed by atoms with Gasteiger partial charge in [0.15, 0.2) is 5.76 Å². The first-order valence-electron chi connectivity index (χ1n) is 7.43. The Bertz CT molecular complexity index is 799. The lowest BCUT2D eigenvalue weighted by molar-refractivity contribution is 0.251. The van der Waals surface area contributed by atoms with E-state index < -0.39 is 0 Å². The van der Waals surface area contributed by atoms with E-state index in [1.54, 1.807) is 49.9 Å². The van der Waals surface area contributed by atoms with Gasteiger partial charge in [-0.15, -0.1) is 0 Å². The zero-order valence-electron chi connectivity index (χ0n) is 13.2. The fraction of sp³-hybridized carbons (Fsp3) is 0.111. The largest absolute Gasteiger partial charge is 0.497 e. The van der Waals surface area contributed by atoms with Gasteiger partial charge in [0.05, 0.1) is 13.4 Å². The number of anilines is 1. The summed E-state index contributed by atoms with van der Waals surface area (Å²) in [4.78, 5) is 16.4. The Morgan fingerprint density at radius 2 is 2.00 bits per heavy atom. The molecule has 0 bridgehead atoms. The van der Waals surface area contributed by atoms with Crippen molar-refractivity contribution in [3.8, 4) is 17.2 Å². The fourth-order valence-electron chi connectivity index (χ4n) is 2.24. The number of benzene rings is 1. The molecule has 0 atom stereocenters. The maximum atomic E-state index is 12.0. The van der Waals surface area contributed by atoms with Crippen LogP contribution >= 0.6 is 0 Å². The molecule has 2 heterocycles. The van der Waals surface area contributed by atoms with Gasteiger partial charge in [-0.25, -0.2) is 4.79 Å². The molecule has 6 nitrogen and oxygen atoms in total. The third kappa shape index (κ3) is 3.73. The van der Waals surface area contributed by atoms with Crippen LogP contribution < -0.4 is 15.4 Å². The second-order valence-corrected chi connectivity index (χ2v) is 5.02. The summed E-state index contributed by atoms with van der Waals surface area (Å²) in [5, 5.41) is 5.58. The van der Waals surface area contributed by atoms with Crippen molar-refractivity contribution >= 4 is 11.7 Å². The van der Waals surface area contributed by atoms with E-state index in [2.05, 4.69) is 15.6 Å². The number of ether oxygens (including phenoxy) is 1. The van der Waals surface area contributed by atoms with Crippen molar-refractivity contribution in [2.24, 2.45) is 0 Å². The number of urea groups is 1. The summed E-state index contributed by atoms with van der Waals surface area (Å²) >= 11 is 0. The highest BCUT2D eigenvalue weighted by atomic mass is 16.5. The molecule has 0 fully saturated rings. The van der Waals surface area contributed by atoms with Gasteiger partial charge in [0.2, 0.25) is 0 Å². The minimum atomic E-state index is -0.297. The van der Waals surface area contributed by atoms with Crippen LogP contribution in [0.5, 0.6) is 5.75 Å². The normalized spacial score (nSPS) is 10.2. The highest BCUT2D eigenvalue weighted by Gasteiger charge is 2.10. The molecule has 3 aromatic rings. The van der Waals surface area contributed by atoms with E-state index in [1.807, 2.05) is 18.2 Å². The van der Waals surface area contributed by atoms with E-state index in [9.17, 15) is 4.79 Å². The maximum Gasteiger partial charge on any atom is 0.319 e. The molecule has 0 saturated heterocycles. The first kappa shape index (κ1) is 15.6. The summed E-state index contributed by atoms with van der Waals surface area (Å²) in [7, 11) is 1.60. The SMILES string of the molecule is COc1ccc(NC(=O)NCc2cccnc2-c2ccco2)cc1. The molecule has 0 aliphatic heterocycles. The van der Waals surface area contributed by atoms with Gasteiger partial charge in [-0.1, -0.05) is 6.07 Å². The molecule has 2 aromatic heterocycles. The number of aromatic nitrogens is 1. The van der Waals surface area contributed by atoms with Crippen LogP contribution in [0.25, 0.3) is 11.5 Å². The number of pyridine rings is 1. The van der Waals surface area contributed by atoms with Crippen LogP contribution in [-0.4, -0.2) is 18.1 Å². The average molecular weight is 323 g/mol. The molecule has 0 radical (unpaired) electrons. The number of carbonyl (C=O) groups is 1. The topological polar surface area (TPSA) is 76.4 Å². The number of nitrogens with one attached hydrogen (secondary N) is 2. The number of rotatable bonds is 5. The summed E-state index contributed by atoms with van der Waals surface area (Å²) < 4.78 is 10.5. The molecule has 0 spiro atoms. The van der Waals surface area contributed by atoms with Crippen molar-refractivity contribution < 1.29 is 13.9 Å². The molecule has 3 rings (SSSR count). The monoisotopic (exact) mass is 323 g/mol. The van der Waals surface area contributed by atoms with Crippen LogP contribution in [0.3, 0.4) is 0 Å². The Balaban J connectivity index is 1.62. The fourth-order valence-corrected chi connectivity index (χ4v) is 2.24. The lowest BCUT2D eigenvalue weighted by atomic mass is 10.1. The number of nitrogens with zero attached hydrogens (tertiary/aromatic N) is 1. The molecule has 0 aliphatic rings. The quantitative estimate of drug-likeness (QED) is 0.751. The number of amides is 2. The van der Waals surface area contributed by atoms with Crippen molar-refractivity contribution in [2.75, 3.05) is 12.4 Å². The molecular weight excluding hydrogens is 306 g/mol. The number of methoxy groups -OCH3 is 1. The van der Waals surface area contributed by atoms with Gasteiger partial charge in [0.1, 0.15) is 11.4 Å². The van der Waals surface area contributed by atoms with Crippen LogP contribution in [-0.2, 0) is 6.54 Å². The Morgan fingerprint density at radius 3 is 2.71 bits per heavy atom. The lowest BCUT2D eigenvalue weighted by Gasteiger charge is -2.10. The van der Waals surface area contributed by atoms with Crippen LogP contribution in [0, 0.1) is 0 Å². The van der Waals surface area contributed by atoms with E-state index in [-0.39, 0.29) is 6.03 Å². The van der Waals surface area contributed by atoms with E-state index in [0.717, 1.165) is 11.3 Å². The molecule has 2 amide bonds. The minimum absolute atomic E-state index is 0.297. The molecule has 122 valence electrons. The second-order valence-electron chi connectivity index (χ2n) is 5.02. The minimum Gasteiger partial charge on any atom is -0.497 e. The Labute approximate surface area is 139 Å². The van der Waals surface area contributed by atoms with Crippen LogP contribution in [0.2, 0.25) is 0 Å². The van der Waals surface area contributed by atoms with E-state index >= 15 is 0 Å². The molecular formula is C18H17N3O3. The third-order valence-corrected chi connectivity index (χ3v) is 3.43. The molecule has 0 saturated carbocycles. The predicted octanol–water partition coefficient (Wildman–Crippen LogP) is 3.67. The third-order valence-electron chi connectivity index (χ3n) is 3.43. The molecule has 0 aliphatic carbocycles. The van der Waals surface area contributed by atoms with Gasteiger partial charge in [-0.2, -0.15) is 0 Å². The summed E-state index contributed by atoms with van der Waals surface area (Å²) in [6, 6.07) is 14.2.